The maximum absolute atomic E-state index is 12.8. The lowest BCUT2D eigenvalue weighted by Gasteiger charge is -2.12. The number of amides is 2. The molecule has 0 atom stereocenters. The summed E-state index contributed by atoms with van der Waals surface area (Å²) < 4.78 is 60.9. The summed E-state index contributed by atoms with van der Waals surface area (Å²) in [6, 6.07) is 7.08. The van der Waals surface area contributed by atoms with Crippen LogP contribution in [0.2, 0.25) is 5.02 Å². The van der Waals surface area contributed by atoms with E-state index < -0.39 is 32.8 Å². The highest BCUT2D eigenvalue weighted by Crippen LogP contribution is 2.36. The molecule has 0 radical (unpaired) electrons. The summed E-state index contributed by atoms with van der Waals surface area (Å²) in [7, 11) is -3.96. The predicted molar refractivity (Wildman–Crippen MR) is 86.9 cm³/mol. The zero-order chi connectivity index (χ0) is 18.8. The molecule has 25 heavy (non-hydrogen) atoms. The molecule has 2 amide bonds. The second-order valence-electron chi connectivity index (χ2n) is 4.84. The number of carbonyl (C=O) groups excluding carboxylic acids is 1. The summed E-state index contributed by atoms with van der Waals surface area (Å²) in [5.41, 5.74) is -1.14. The van der Waals surface area contributed by atoms with Gasteiger partial charge in [0.25, 0.3) is 0 Å². The molecule has 0 heterocycles. The highest BCUT2D eigenvalue weighted by molar-refractivity contribution is 7.89. The first kappa shape index (κ1) is 19.0. The SMILES string of the molecule is NS(=O)(=O)c1cccc(NC(=O)Nc2ccc(Cl)c(C(F)(F)F)c2)c1. The van der Waals surface area contributed by atoms with Crippen LogP contribution in [0.4, 0.5) is 29.3 Å². The lowest BCUT2D eigenvalue weighted by molar-refractivity contribution is -0.137. The van der Waals surface area contributed by atoms with Crippen LogP contribution in [-0.4, -0.2) is 14.4 Å². The summed E-state index contributed by atoms with van der Waals surface area (Å²) in [5.74, 6) is 0. The minimum absolute atomic E-state index is 0.0917. The smallest absolute Gasteiger partial charge is 0.308 e. The van der Waals surface area contributed by atoms with Crippen LogP contribution in [-0.2, 0) is 16.2 Å². The number of nitrogens with two attached hydrogens (primary N) is 1. The standard InChI is InChI=1S/C14H11ClF3N3O3S/c15-12-5-4-9(7-11(12)14(16,17)18)21-13(22)20-8-2-1-3-10(6-8)25(19,23)24/h1-7H,(H2,19,23,24)(H2,20,21,22). The van der Waals surface area contributed by atoms with Crippen molar-refractivity contribution in [1.82, 2.24) is 0 Å². The second-order valence-corrected chi connectivity index (χ2v) is 6.81. The van der Waals surface area contributed by atoms with Crippen molar-refractivity contribution in [2.24, 2.45) is 5.14 Å². The van der Waals surface area contributed by atoms with Gasteiger partial charge in [-0.25, -0.2) is 18.4 Å². The average Bonchev–Trinajstić information content (AvgIpc) is 2.47. The third-order valence-electron chi connectivity index (χ3n) is 2.95. The van der Waals surface area contributed by atoms with Crippen molar-refractivity contribution in [2.75, 3.05) is 10.6 Å². The topological polar surface area (TPSA) is 101 Å². The summed E-state index contributed by atoms with van der Waals surface area (Å²) in [6.45, 7) is 0. The summed E-state index contributed by atoms with van der Waals surface area (Å²) in [6.07, 6.45) is -4.67. The first-order valence-corrected chi connectivity index (χ1v) is 8.47. The van der Waals surface area contributed by atoms with Gasteiger partial charge in [0.15, 0.2) is 0 Å². The zero-order valence-electron chi connectivity index (χ0n) is 12.3. The Morgan fingerprint density at radius 3 is 2.20 bits per heavy atom. The minimum atomic E-state index is -4.67. The van der Waals surface area contributed by atoms with E-state index in [1.165, 1.54) is 24.3 Å². The third kappa shape index (κ3) is 5.08. The van der Waals surface area contributed by atoms with Crippen LogP contribution in [0.1, 0.15) is 5.56 Å². The minimum Gasteiger partial charge on any atom is -0.308 e. The number of anilines is 2. The monoisotopic (exact) mass is 393 g/mol. The van der Waals surface area contributed by atoms with Gasteiger partial charge in [-0.3, -0.25) is 0 Å². The molecule has 0 aliphatic heterocycles. The lowest BCUT2D eigenvalue weighted by Crippen LogP contribution is -2.20. The molecular weight excluding hydrogens is 383 g/mol. The molecule has 0 bridgehead atoms. The van der Waals surface area contributed by atoms with E-state index in [-0.39, 0.29) is 16.3 Å². The number of sulfonamides is 1. The third-order valence-corrected chi connectivity index (χ3v) is 4.19. The van der Waals surface area contributed by atoms with Gasteiger partial charge >= 0.3 is 12.2 Å². The quantitative estimate of drug-likeness (QED) is 0.741. The molecule has 2 aromatic rings. The van der Waals surface area contributed by atoms with Crippen LogP contribution in [0, 0.1) is 0 Å². The van der Waals surface area contributed by atoms with Gasteiger partial charge in [0.2, 0.25) is 10.0 Å². The fourth-order valence-electron chi connectivity index (χ4n) is 1.86. The largest absolute Gasteiger partial charge is 0.417 e. The normalized spacial score (nSPS) is 11.9. The Bertz CT molecular complexity index is 917. The van der Waals surface area contributed by atoms with E-state index in [0.29, 0.717) is 6.07 Å². The van der Waals surface area contributed by atoms with Gasteiger partial charge in [0, 0.05) is 11.4 Å². The molecule has 6 nitrogen and oxygen atoms in total. The lowest BCUT2D eigenvalue weighted by atomic mass is 10.2. The van der Waals surface area contributed by atoms with Crippen molar-refractivity contribution >= 4 is 39.0 Å². The Hall–Kier alpha value is -2.30. The molecule has 0 aliphatic rings. The number of primary sulfonamides is 1. The zero-order valence-corrected chi connectivity index (χ0v) is 13.8. The Labute approximate surface area is 145 Å². The van der Waals surface area contributed by atoms with Gasteiger partial charge in [-0.15, -0.1) is 0 Å². The van der Waals surface area contributed by atoms with Crippen LogP contribution >= 0.6 is 11.6 Å². The first-order chi connectivity index (χ1) is 11.5. The van der Waals surface area contributed by atoms with Gasteiger partial charge in [-0.2, -0.15) is 13.2 Å². The Morgan fingerprint density at radius 2 is 1.64 bits per heavy atom. The number of hydrogen-bond donors (Lipinski definition) is 3. The molecular formula is C14H11ClF3N3O3S. The highest BCUT2D eigenvalue weighted by atomic mass is 35.5. The maximum Gasteiger partial charge on any atom is 0.417 e. The van der Waals surface area contributed by atoms with Crippen molar-refractivity contribution in [3.8, 4) is 0 Å². The molecule has 0 saturated heterocycles. The van der Waals surface area contributed by atoms with Gasteiger partial charge in [0.1, 0.15) is 0 Å². The average molecular weight is 394 g/mol. The van der Waals surface area contributed by atoms with Crippen molar-refractivity contribution in [3.05, 3.63) is 53.1 Å². The molecule has 0 fully saturated rings. The van der Waals surface area contributed by atoms with Crippen LogP contribution in [0.3, 0.4) is 0 Å². The fourth-order valence-corrected chi connectivity index (χ4v) is 2.65. The van der Waals surface area contributed by atoms with E-state index >= 15 is 0 Å². The van der Waals surface area contributed by atoms with Crippen LogP contribution < -0.4 is 15.8 Å². The van der Waals surface area contributed by atoms with E-state index in [1.54, 1.807) is 0 Å². The molecule has 0 saturated carbocycles. The van der Waals surface area contributed by atoms with Crippen molar-refractivity contribution in [1.29, 1.82) is 0 Å². The highest BCUT2D eigenvalue weighted by Gasteiger charge is 2.33. The van der Waals surface area contributed by atoms with E-state index in [1.807, 2.05) is 0 Å². The first-order valence-electron chi connectivity index (χ1n) is 6.54. The predicted octanol–water partition coefficient (Wildman–Crippen LogP) is 3.65. The Balaban J connectivity index is 2.16. The number of rotatable bonds is 3. The molecule has 0 spiro atoms. The molecule has 2 rings (SSSR count). The van der Waals surface area contributed by atoms with Gasteiger partial charge in [-0.05, 0) is 36.4 Å². The summed E-state index contributed by atoms with van der Waals surface area (Å²) >= 11 is 5.49. The molecule has 11 heteroatoms. The second kappa shape index (κ2) is 6.90. The van der Waals surface area contributed by atoms with Crippen LogP contribution in [0.25, 0.3) is 0 Å². The number of urea groups is 1. The number of halogens is 4. The number of hydrogen-bond acceptors (Lipinski definition) is 3. The Kier molecular flexibility index (Phi) is 5.26. The van der Waals surface area contributed by atoms with Crippen molar-refractivity contribution in [2.45, 2.75) is 11.1 Å². The number of nitrogens with one attached hydrogen (secondary N) is 2. The molecule has 0 unspecified atom stereocenters. The van der Waals surface area contributed by atoms with Crippen LogP contribution in [0.15, 0.2) is 47.4 Å². The number of alkyl halides is 3. The van der Waals surface area contributed by atoms with Crippen LogP contribution in [0.5, 0.6) is 0 Å². The van der Waals surface area contributed by atoms with Gasteiger partial charge < -0.3 is 10.6 Å². The van der Waals surface area contributed by atoms with E-state index in [0.717, 1.165) is 12.1 Å². The number of carbonyl (C=O) groups is 1. The summed E-state index contributed by atoms with van der Waals surface area (Å²) in [4.78, 5) is 11.6. The molecule has 0 aromatic heterocycles. The molecule has 0 aliphatic carbocycles. The maximum atomic E-state index is 12.8. The fraction of sp³-hybridized carbons (Fsp3) is 0.0714. The number of benzene rings is 2. The van der Waals surface area contributed by atoms with E-state index in [4.69, 9.17) is 16.7 Å². The van der Waals surface area contributed by atoms with Crippen molar-refractivity contribution < 1.29 is 26.4 Å². The van der Waals surface area contributed by atoms with E-state index in [2.05, 4.69) is 10.6 Å². The van der Waals surface area contributed by atoms with Gasteiger partial charge in [-0.1, -0.05) is 17.7 Å². The Morgan fingerprint density at radius 1 is 1.04 bits per heavy atom. The van der Waals surface area contributed by atoms with E-state index in [9.17, 15) is 26.4 Å². The van der Waals surface area contributed by atoms with Gasteiger partial charge in [0.05, 0.1) is 15.5 Å². The molecule has 2 aromatic carbocycles. The molecule has 134 valence electrons. The van der Waals surface area contributed by atoms with Crippen molar-refractivity contribution in [3.63, 3.8) is 0 Å². The summed E-state index contributed by atoms with van der Waals surface area (Å²) in [5, 5.41) is 8.97. The molecule has 4 N–H and O–H groups in total.